The summed E-state index contributed by atoms with van der Waals surface area (Å²) in [6.45, 7) is 0.874. The Hall–Kier alpha value is 0.570. The SMILES string of the molecule is CC(O)(O)C(O)(O)I. The van der Waals surface area contributed by atoms with Crippen LogP contribution in [0.2, 0.25) is 0 Å². The first kappa shape index (κ1) is 8.57. The number of hydrogen-bond donors (Lipinski definition) is 4. The summed E-state index contributed by atoms with van der Waals surface area (Å²) in [6.07, 6.45) is 0. The summed E-state index contributed by atoms with van der Waals surface area (Å²) in [5.41, 5.74) is 0. The van der Waals surface area contributed by atoms with Gasteiger partial charge in [0, 0.05) is 0 Å². The van der Waals surface area contributed by atoms with Crippen molar-refractivity contribution in [3.8, 4) is 0 Å². The van der Waals surface area contributed by atoms with E-state index in [-0.39, 0.29) is 0 Å². The third-order valence-corrected chi connectivity index (χ3v) is 1.62. The van der Waals surface area contributed by atoms with Gasteiger partial charge in [-0.2, -0.15) is 0 Å². The molecule has 0 fully saturated rings. The molecule has 0 aliphatic rings. The van der Waals surface area contributed by atoms with Gasteiger partial charge in [-0.1, -0.05) is 0 Å². The first-order valence-corrected chi connectivity index (χ1v) is 2.91. The van der Waals surface area contributed by atoms with E-state index in [1.807, 2.05) is 0 Å². The summed E-state index contributed by atoms with van der Waals surface area (Å²) in [5, 5.41) is 33.6. The monoisotopic (exact) mass is 234 g/mol. The fourth-order valence-corrected chi connectivity index (χ4v) is 0. The Labute approximate surface area is 59.9 Å². The molecule has 8 heavy (non-hydrogen) atoms. The molecule has 0 saturated carbocycles. The van der Waals surface area contributed by atoms with E-state index in [0.717, 1.165) is 29.5 Å². The average molecular weight is 234 g/mol. The fourth-order valence-electron chi connectivity index (χ4n) is 0. The first-order chi connectivity index (χ1) is 3.25. The minimum absolute atomic E-state index is 0.874. The van der Waals surface area contributed by atoms with Crippen LogP contribution in [0.15, 0.2) is 0 Å². The molecule has 0 radical (unpaired) electrons. The second kappa shape index (κ2) is 2.07. The van der Waals surface area contributed by atoms with Crippen molar-refractivity contribution < 1.29 is 20.4 Å². The molecule has 50 valence electrons. The summed E-state index contributed by atoms with van der Waals surface area (Å²) < 4.78 is -2.48. The maximum atomic E-state index is 8.40. The summed E-state index contributed by atoms with van der Waals surface area (Å²) in [4.78, 5) is 0. The second-order valence-corrected chi connectivity index (χ2v) is 3.11. The molecule has 0 saturated heterocycles. The number of hydrogen-bond acceptors (Lipinski definition) is 4. The van der Waals surface area contributed by atoms with E-state index in [0.29, 0.717) is 0 Å². The molecule has 0 heterocycles. The lowest BCUT2D eigenvalue weighted by atomic mass is 10.3. The molecule has 4 nitrogen and oxygen atoms in total. The average Bonchev–Trinajstić information content (AvgIpc) is 1.25. The van der Waals surface area contributed by atoms with Crippen LogP contribution in [0.4, 0.5) is 0 Å². The van der Waals surface area contributed by atoms with Crippen molar-refractivity contribution >= 4 is 22.6 Å². The summed E-state index contributed by atoms with van der Waals surface area (Å²) in [5.74, 6) is -2.46. The van der Waals surface area contributed by atoms with Crippen LogP contribution in [0.5, 0.6) is 0 Å². The van der Waals surface area contributed by atoms with Crippen molar-refractivity contribution in [2.45, 2.75) is 16.5 Å². The maximum Gasteiger partial charge on any atom is 0.271 e. The van der Waals surface area contributed by atoms with Crippen molar-refractivity contribution in [1.82, 2.24) is 0 Å². The molecule has 0 amide bonds. The zero-order valence-electron chi connectivity index (χ0n) is 4.17. The third-order valence-electron chi connectivity index (χ3n) is 0.603. The molecule has 0 bridgehead atoms. The topological polar surface area (TPSA) is 80.9 Å². The molecule has 4 N–H and O–H groups in total. The Kier molecular flexibility index (Phi) is 2.22. The van der Waals surface area contributed by atoms with E-state index in [1.165, 1.54) is 0 Å². The van der Waals surface area contributed by atoms with Gasteiger partial charge >= 0.3 is 0 Å². The van der Waals surface area contributed by atoms with Gasteiger partial charge in [0.05, 0.1) is 0 Å². The number of aliphatic hydroxyl groups is 4. The fraction of sp³-hybridized carbons (Fsp3) is 1.00. The highest BCUT2D eigenvalue weighted by Gasteiger charge is 2.40. The highest BCUT2D eigenvalue weighted by Crippen LogP contribution is 2.22. The van der Waals surface area contributed by atoms with Gasteiger partial charge in [-0.25, -0.2) is 0 Å². The summed E-state index contributed by atoms with van der Waals surface area (Å²) >= 11 is 1.09. The Morgan fingerprint density at radius 3 is 1.25 bits per heavy atom. The lowest BCUT2D eigenvalue weighted by Gasteiger charge is -2.25. The molecule has 5 heteroatoms. The van der Waals surface area contributed by atoms with Crippen molar-refractivity contribution in [2.75, 3.05) is 0 Å². The number of rotatable bonds is 1. The molecule has 0 aromatic carbocycles. The van der Waals surface area contributed by atoms with Crippen molar-refractivity contribution in [3.05, 3.63) is 0 Å². The smallest absolute Gasteiger partial charge is 0.271 e. The molecule has 0 aliphatic heterocycles. The van der Waals surface area contributed by atoms with Crippen LogP contribution in [-0.2, 0) is 0 Å². The normalized spacial score (nSPS) is 14.2. The summed E-state index contributed by atoms with van der Waals surface area (Å²) in [6, 6.07) is 0. The highest BCUT2D eigenvalue weighted by molar-refractivity contribution is 14.1. The van der Waals surface area contributed by atoms with Crippen molar-refractivity contribution in [1.29, 1.82) is 0 Å². The Balaban J connectivity index is 4.02. The number of halogens is 1. The molecular formula is C3H7IO4. The summed E-state index contributed by atoms with van der Waals surface area (Å²) in [7, 11) is 0. The lowest BCUT2D eigenvalue weighted by molar-refractivity contribution is -0.289. The van der Waals surface area contributed by atoms with Crippen LogP contribution < -0.4 is 0 Å². The molecule has 0 spiro atoms. The van der Waals surface area contributed by atoms with Gasteiger partial charge in [-0.05, 0) is 29.5 Å². The van der Waals surface area contributed by atoms with Gasteiger partial charge < -0.3 is 20.4 Å². The van der Waals surface area contributed by atoms with E-state index >= 15 is 0 Å². The Morgan fingerprint density at radius 2 is 1.25 bits per heavy atom. The third kappa shape index (κ3) is 2.23. The van der Waals surface area contributed by atoms with Crippen LogP contribution in [-0.4, -0.2) is 30.0 Å². The first-order valence-electron chi connectivity index (χ1n) is 1.83. The Bertz CT molecular complexity index is 66.3. The molecule has 0 aromatic rings. The van der Waals surface area contributed by atoms with Gasteiger partial charge in [0.25, 0.3) is 3.79 Å². The standard InChI is InChI=1S/C3H7IO4/c1-2(5,6)3(4,7)8/h5-8H,1H3. The van der Waals surface area contributed by atoms with Gasteiger partial charge in [0.15, 0.2) is 0 Å². The van der Waals surface area contributed by atoms with Crippen LogP contribution in [0.3, 0.4) is 0 Å². The van der Waals surface area contributed by atoms with Gasteiger partial charge in [-0.15, -0.1) is 0 Å². The van der Waals surface area contributed by atoms with E-state index in [9.17, 15) is 0 Å². The van der Waals surface area contributed by atoms with Crippen LogP contribution in [0.1, 0.15) is 6.92 Å². The second-order valence-electron chi connectivity index (χ2n) is 1.61. The number of alkyl halides is 1. The van der Waals surface area contributed by atoms with E-state index < -0.39 is 9.58 Å². The molecule has 0 aliphatic carbocycles. The molecular weight excluding hydrogens is 227 g/mol. The predicted molar refractivity (Wildman–Crippen MR) is 34.0 cm³/mol. The van der Waals surface area contributed by atoms with Crippen LogP contribution >= 0.6 is 22.6 Å². The zero-order valence-corrected chi connectivity index (χ0v) is 6.32. The highest BCUT2D eigenvalue weighted by atomic mass is 127. The van der Waals surface area contributed by atoms with Gasteiger partial charge in [-0.3, -0.25) is 0 Å². The quantitative estimate of drug-likeness (QED) is 0.260. The Morgan fingerprint density at radius 1 is 1.12 bits per heavy atom. The van der Waals surface area contributed by atoms with Crippen LogP contribution in [0, 0.1) is 0 Å². The van der Waals surface area contributed by atoms with Crippen LogP contribution in [0.25, 0.3) is 0 Å². The van der Waals surface area contributed by atoms with Crippen molar-refractivity contribution in [2.24, 2.45) is 0 Å². The van der Waals surface area contributed by atoms with Gasteiger partial charge in [0.1, 0.15) is 0 Å². The minimum atomic E-state index is -2.48. The van der Waals surface area contributed by atoms with Crippen molar-refractivity contribution in [3.63, 3.8) is 0 Å². The van der Waals surface area contributed by atoms with E-state index in [4.69, 9.17) is 20.4 Å². The largest absolute Gasteiger partial charge is 0.361 e. The maximum absolute atomic E-state index is 8.40. The molecule has 0 atom stereocenters. The van der Waals surface area contributed by atoms with Gasteiger partial charge in [0.2, 0.25) is 5.79 Å². The minimum Gasteiger partial charge on any atom is -0.361 e. The molecule has 0 unspecified atom stereocenters. The molecule has 0 aromatic heterocycles. The lowest BCUT2D eigenvalue weighted by Crippen LogP contribution is -2.46. The van der Waals surface area contributed by atoms with E-state index in [2.05, 4.69) is 0 Å². The zero-order chi connectivity index (χ0) is 7.00. The van der Waals surface area contributed by atoms with E-state index in [1.54, 1.807) is 0 Å². The predicted octanol–water partition coefficient (Wildman–Crippen LogP) is -1.24. The molecule has 0 rings (SSSR count).